The average Bonchev–Trinajstić information content (AvgIpc) is 3.10. The number of aromatic nitrogens is 1. The number of benzene rings is 2. The highest BCUT2D eigenvalue weighted by Crippen LogP contribution is 2.24. The van der Waals surface area contributed by atoms with E-state index in [1.807, 2.05) is 4.57 Å². The SMILES string of the molecule is C=CCn1c(=NC(=O)CCCS(=O)(=O)c2ccc(OC)cc2)sc2cc(C(C)C)ccc21. The van der Waals surface area contributed by atoms with E-state index in [4.69, 9.17) is 4.74 Å². The number of ether oxygens (including phenoxy) is 1. The molecule has 0 aliphatic rings. The van der Waals surface area contributed by atoms with Gasteiger partial charge in [-0.2, -0.15) is 4.99 Å². The van der Waals surface area contributed by atoms with E-state index in [1.165, 1.54) is 36.1 Å². The molecule has 3 rings (SSSR count). The first-order chi connectivity index (χ1) is 15.2. The Bertz CT molecular complexity index is 1280. The monoisotopic (exact) mass is 472 g/mol. The molecule has 0 atom stereocenters. The number of carbonyl (C=O) groups is 1. The first-order valence-corrected chi connectivity index (χ1v) is 12.9. The molecular formula is C24H28N2O4S2. The number of carbonyl (C=O) groups excluding carboxylic acids is 1. The molecule has 1 amide bonds. The molecule has 1 aromatic heterocycles. The lowest BCUT2D eigenvalue weighted by Gasteiger charge is -2.06. The highest BCUT2D eigenvalue weighted by molar-refractivity contribution is 7.91. The van der Waals surface area contributed by atoms with Crippen LogP contribution in [0.5, 0.6) is 5.75 Å². The Morgan fingerprint density at radius 1 is 1.22 bits per heavy atom. The number of methoxy groups -OCH3 is 1. The van der Waals surface area contributed by atoms with Gasteiger partial charge in [-0.05, 0) is 54.3 Å². The van der Waals surface area contributed by atoms with Crippen LogP contribution in [0, 0.1) is 0 Å². The van der Waals surface area contributed by atoms with Gasteiger partial charge in [0.15, 0.2) is 14.6 Å². The molecule has 32 heavy (non-hydrogen) atoms. The molecule has 1 heterocycles. The van der Waals surface area contributed by atoms with E-state index >= 15 is 0 Å². The summed E-state index contributed by atoms with van der Waals surface area (Å²) in [7, 11) is -1.94. The second kappa shape index (κ2) is 10.3. The number of hydrogen-bond acceptors (Lipinski definition) is 5. The molecular weight excluding hydrogens is 444 g/mol. The predicted molar refractivity (Wildman–Crippen MR) is 129 cm³/mol. The molecule has 0 aliphatic carbocycles. The van der Waals surface area contributed by atoms with E-state index in [2.05, 4.69) is 43.6 Å². The molecule has 0 fully saturated rings. The summed E-state index contributed by atoms with van der Waals surface area (Å²) in [5.74, 6) is 0.555. The van der Waals surface area contributed by atoms with Gasteiger partial charge in [0.25, 0.3) is 0 Å². The summed E-state index contributed by atoms with van der Waals surface area (Å²) >= 11 is 1.46. The van der Waals surface area contributed by atoms with E-state index < -0.39 is 9.84 Å². The van der Waals surface area contributed by atoms with Crippen molar-refractivity contribution >= 4 is 37.3 Å². The number of allylic oxidation sites excluding steroid dienone is 1. The maximum Gasteiger partial charge on any atom is 0.248 e. The molecule has 6 nitrogen and oxygen atoms in total. The standard InChI is InChI=1S/C24H28N2O4S2/c1-5-14-26-21-13-8-18(17(2)3)16-22(21)31-24(26)25-23(27)7-6-15-32(28,29)20-11-9-19(30-4)10-12-20/h5,8-13,16-17H,1,6-7,14-15H2,2-4H3. The van der Waals surface area contributed by atoms with Gasteiger partial charge in [0.05, 0.1) is 28.0 Å². The van der Waals surface area contributed by atoms with Crippen LogP contribution in [0.4, 0.5) is 0 Å². The number of fused-ring (bicyclic) bond motifs is 1. The van der Waals surface area contributed by atoms with Crippen LogP contribution in [-0.4, -0.2) is 31.8 Å². The Morgan fingerprint density at radius 3 is 2.56 bits per heavy atom. The molecule has 0 saturated heterocycles. The maximum atomic E-state index is 12.5. The number of hydrogen-bond donors (Lipinski definition) is 0. The molecule has 170 valence electrons. The molecule has 3 aromatic rings. The first-order valence-electron chi connectivity index (χ1n) is 10.4. The van der Waals surface area contributed by atoms with Gasteiger partial charge >= 0.3 is 0 Å². The fraction of sp³-hybridized carbons (Fsp3) is 0.333. The number of sulfone groups is 1. The molecule has 0 radical (unpaired) electrons. The summed E-state index contributed by atoms with van der Waals surface area (Å²) < 4.78 is 33.1. The second-order valence-electron chi connectivity index (χ2n) is 7.77. The Hall–Kier alpha value is -2.71. The van der Waals surface area contributed by atoms with E-state index in [-0.39, 0.29) is 29.4 Å². The van der Waals surface area contributed by atoms with Crippen molar-refractivity contribution in [1.29, 1.82) is 0 Å². The van der Waals surface area contributed by atoms with E-state index in [1.54, 1.807) is 18.2 Å². The van der Waals surface area contributed by atoms with E-state index in [0.717, 1.165) is 10.2 Å². The van der Waals surface area contributed by atoms with Crippen LogP contribution < -0.4 is 9.54 Å². The van der Waals surface area contributed by atoms with Crippen LogP contribution in [0.1, 0.15) is 38.2 Å². The first kappa shape index (κ1) is 23.9. The van der Waals surface area contributed by atoms with Gasteiger partial charge in [-0.25, -0.2) is 8.42 Å². The predicted octanol–water partition coefficient (Wildman–Crippen LogP) is 4.70. The normalized spacial score (nSPS) is 12.4. The summed E-state index contributed by atoms with van der Waals surface area (Å²) in [6.07, 6.45) is 2.04. The van der Waals surface area contributed by atoms with Gasteiger partial charge in [0.2, 0.25) is 5.91 Å². The average molecular weight is 473 g/mol. The minimum atomic E-state index is -3.47. The van der Waals surface area contributed by atoms with Crippen LogP contribution in [-0.2, 0) is 21.2 Å². The molecule has 0 spiro atoms. The molecule has 0 unspecified atom stereocenters. The van der Waals surface area contributed by atoms with Crippen molar-refractivity contribution in [2.45, 2.75) is 44.0 Å². The highest BCUT2D eigenvalue weighted by Gasteiger charge is 2.15. The third kappa shape index (κ3) is 5.55. The van der Waals surface area contributed by atoms with Crippen molar-refractivity contribution in [3.8, 4) is 5.75 Å². The minimum Gasteiger partial charge on any atom is -0.497 e. The Labute approximate surface area is 192 Å². The fourth-order valence-electron chi connectivity index (χ4n) is 3.32. The Morgan fingerprint density at radius 2 is 1.94 bits per heavy atom. The van der Waals surface area contributed by atoms with Gasteiger partial charge in [-0.3, -0.25) is 4.79 Å². The van der Waals surface area contributed by atoms with Crippen molar-refractivity contribution in [3.05, 3.63) is 65.5 Å². The Balaban J connectivity index is 1.75. The summed E-state index contributed by atoms with van der Waals surface area (Å²) in [6, 6.07) is 12.5. The third-order valence-electron chi connectivity index (χ3n) is 5.13. The fourth-order valence-corrected chi connectivity index (χ4v) is 5.73. The van der Waals surface area contributed by atoms with E-state index in [0.29, 0.717) is 23.0 Å². The molecule has 0 saturated carbocycles. The summed E-state index contributed by atoms with van der Waals surface area (Å²) in [5, 5.41) is 0. The third-order valence-corrected chi connectivity index (χ3v) is 7.99. The maximum absolute atomic E-state index is 12.5. The molecule has 2 aromatic carbocycles. The van der Waals surface area contributed by atoms with E-state index in [9.17, 15) is 13.2 Å². The largest absolute Gasteiger partial charge is 0.497 e. The van der Waals surface area contributed by atoms with Gasteiger partial charge in [-0.1, -0.05) is 37.3 Å². The Kier molecular flexibility index (Phi) is 7.69. The van der Waals surface area contributed by atoms with Crippen LogP contribution in [0.25, 0.3) is 10.2 Å². The smallest absolute Gasteiger partial charge is 0.248 e. The van der Waals surface area contributed by atoms with Gasteiger partial charge in [0.1, 0.15) is 5.75 Å². The quantitative estimate of drug-likeness (QED) is 0.423. The van der Waals surface area contributed by atoms with Crippen LogP contribution in [0.15, 0.2) is 65.0 Å². The van der Waals surface area contributed by atoms with Crippen LogP contribution in [0.2, 0.25) is 0 Å². The topological polar surface area (TPSA) is 77.7 Å². The zero-order chi connectivity index (χ0) is 23.3. The summed E-state index contributed by atoms with van der Waals surface area (Å²) in [6.45, 7) is 8.63. The van der Waals surface area contributed by atoms with Crippen molar-refractivity contribution in [2.24, 2.45) is 4.99 Å². The summed E-state index contributed by atoms with van der Waals surface area (Å²) in [4.78, 5) is 17.6. The van der Waals surface area contributed by atoms with Crippen molar-refractivity contribution in [2.75, 3.05) is 12.9 Å². The molecule has 0 N–H and O–H groups in total. The van der Waals surface area contributed by atoms with Crippen LogP contribution >= 0.6 is 11.3 Å². The minimum absolute atomic E-state index is 0.0644. The zero-order valence-electron chi connectivity index (χ0n) is 18.6. The number of amides is 1. The number of nitrogens with zero attached hydrogens (tertiary/aromatic N) is 2. The highest BCUT2D eigenvalue weighted by atomic mass is 32.2. The van der Waals surface area contributed by atoms with Crippen molar-refractivity contribution < 1.29 is 17.9 Å². The molecule has 8 heteroatoms. The zero-order valence-corrected chi connectivity index (χ0v) is 20.2. The second-order valence-corrected chi connectivity index (χ2v) is 10.9. The van der Waals surface area contributed by atoms with Crippen molar-refractivity contribution in [1.82, 2.24) is 4.57 Å². The lowest BCUT2D eigenvalue weighted by atomic mass is 10.0. The van der Waals surface area contributed by atoms with Gasteiger partial charge < -0.3 is 9.30 Å². The van der Waals surface area contributed by atoms with Gasteiger partial charge in [-0.15, -0.1) is 6.58 Å². The van der Waals surface area contributed by atoms with Crippen LogP contribution in [0.3, 0.4) is 0 Å². The van der Waals surface area contributed by atoms with Crippen molar-refractivity contribution in [3.63, 3.8) is 0 Å². The molecule has 0 bridgehead atoms. The summed E-state index contributed by atoms with van der Waals surface area (Å²) in [5.41, 5.74) is 2.24. The molecule has 0 aliphatic heterocycles. The number of thiazole rings is 1. The van der Waals surface area contributed by atoms with Gasteiger partial charge in [0, 0.05) is 13.0 Å². The lowest BCUT2D eigenvalue weighted by molar-refractivity contribution is -0.118. The number of rotatable bonds is 9. The lowest BCUT2D eigenvalue weighted by Crippen LogP contribution is -2.16.